The largest absolute Gasteiger partial charge is 0.413 e. The van der Waals surface area contributed by atoms with E-state index in [0.29, 0.717) is 0 Å². The third-order valence-corrected chi connectivity index (χ3v) is 0.868. The van der Waals surface area contributed by atoms with Crippen LogP contribution in [0.4, 0.5) is 13.2 Å². The van der Waals surface area contributed by atoms with E-state index in [1.54, 1.807) is 0 Å². The van der Waals surface area contributed by atoms with Gasteiger partial charge in [0.2, 0.25) is 0 Å². The maximum atomic E-state index is 11.4. The van der Waals surface area contributed by atoms with Crippen molar-refractivity contribution in [1.29, 1.82) is 0 Å². The summed E-state index contributed by atoms with van der Waals surface area (Å²) >= 11 is 0. The van der Waals surface area contributed by atoms with Crippen molar-refractivity contribution in [3.8, 4) is 0 Å². The van der Waals surface area contributed by atoms with E-state index in [1.165, 1.54) is 0 Å². The lowest BCUT2D eigenvalue weighted by Gasteiger charge is -2.10. The molecule has 74 valence electrons. The Balaban J connectivity index is 3.22. The fourth-order valence-corrected chi connectivity index (χ4v) is 0.353. The van der Waals surface area contributed by atoms with Crippen LogP contribution in [0.25, 0.3) is 0 Å². The van der Waals surface area contributed by atoms with Gasteiger partial charge in [0.05, 0.1) is 12.7 Å². The molecule has 0 amide bonds. The highest BCUT2D eigenvalue weighted by atomic mass is 19.4. The Morgan fingerprint density at radius 1 is 1.42 bits per heavy atom. The first-order chi connectivity index (χ1) is 5.45. The van der Waals surface area contributed by atoms with Crippen molar-refractivity contribution in [3.05, 3.63) is 0 Å². The third kappa shape index (κ3) is 7.73. The zero-order valence-electron chi connectivity index (χ0n) is 6.14. The van der Waals surface area contributed by atoms with Crippen LogP contribution in [-0.4, -0.2) is 42.3 Å². The van der Waals surface area contributed by atoms with Gasteiger partial charge >= 0.3 is 6.18 Å². The van der Waals surface area contributed by atoms with Crippen molar-refractivity contribution in [2.45, 2.75) is 12.3 Å². The van der Waals surface area contributed by atoms with Crippen molar-refractivity contribution in [2.75, 3.05) is 19.8 Å². The molecule has 3 N–H and O–H groups in total. The summed E-state index contributed by atoms with van der Waals surface area (Å²) in [6.45, 7) is -2.19. The number of rotatable bonds is 5. The Hall–Kier alpha value is -0.370. The monoisotopic (exact) mass is 189 g/mol. The number of aliphatic hydroxyl groups is 2. The summed E-state index contributed by atoms with van der Waals surface area (Å²) in [6, 6.07) is 0. The fourth-order valence-electron chi connectivity index (χ4n) is 0.353. The molecule has 0 aliphatic rings. The molecule has 0 saturated heterocycles. The number of nitrogens with one attached hydrogen (secondary N) is 1. The Bertz CT molecular complexity index is 119. The Labute approximate surface area is 66.9 Å². The number of hydrogen-bond donors (Lipinski definition) is 3. The van der Waals surface area contributed by atoms with Crippen LogP contribution < -0.4 is 5.48 Å². The molecule has 0 aliphatic carbocycles. The second-order valence-corrected chi connectivity index (χ2v) is 2.09. The molecule has 0 aliphatic heterocycles. The molecule has 4 nitrogen and oxygen atoms in total. The number of hydroxylamine groups is 1. The van der Waals surface area contributed by atoms with Crippen molar-refractivity contribution < 1.29 is 28.2 Å². The van der Waals surface area contributed by atoms with Gasteiger partial charge in [-0.3, -0.25) is 4.84 Å². The highest BCUT2D eigenvalue weighted by Gasteiger charge is 2.27. The summed E-state index contributed by atoms with van der Waals surface area (Å²) in [4.78, 5) is 3.92. The van der Waals surface area contributed by atoms with Gasteiger partial charge in [0, 0.05) is 6.54 Å². The smallest absolute Gasteiger partial charge is 0.394 e. The normalized spacial score (nSPS) is 14.8. The predicted molar refractivity (Wildman–Crippen MR) is 33.1 cm³/mol. The second kappa shape index (κ2) is 5.31. The average molecular weight is 189 g/mol. The van der Waals surface area contributed by atoms with Gasteiger partial charge in [0.1, 0.15) is 0 Å². The Kier molecular flexibility index (Phi) is 5.14. The average Bonchev–Trinajstić information content (AvgIpc) is 1.96. The molecular weight excluding hydrogens is 179 g/mol. The third-order valence-electron chi connectivity index (χ3n) is 0.868. The molecule has 12 heavy (non-hydrogen) atoms. The molecule has 0 heterocycles. The van der Waals surface area contributed by atoms with Crippen LogP contribution in [0.15, 0.2) is 0 Å². The van der Waals surface area contributed by atoms with Gasteiger partial charge in [-0.2, -0.15) is 18.7 Å². The Morgan fingerprint density at radius 2 is 2.00 bits per heavy atom. The molecule has 1 atom stereocenters. The minimum absolute atomic E-state index is 0.243. The molecule has 1 unspecified atom stereocenters. The molecule has 0 bridgehead atoms. The van der Waals surface area contributed by atoms with E-state index in [-0.39, 0.29) is 6.54 Å². The molecule has 0 aromatic heterocycles. The number of alkyl halides is 3. The second-order valence-electron chi connectivity index (χ2n) is 2.09. The summed E-state index contributed by atoms with van der Waals surface area (Å²) in [5.41, 5.74) is 1.86. The summed E-state index contributed by atoms with van der Waals surface area (Å²) in [5.74, 6) is 0. The van der Waals surface area contributed by atoms with E-state index in [0.717, 1.165) is 0 Å². The van der Waals surface area contributed by atoms with E-state index in [9.17, 15) is 13.2 Å². The van der Waals surface area contributed by atoms with Gasteiger partial charge in [-0.25, -0.2) is 0 Å². The van der Waals surface area contributed by atoms with Gasteiger partial charge in [0.15, 0.2) is 6.61 Å². The van der Waals surface area contributed by atoms with Gasteiger partial charge in [0.25, 0.3) is 0 Å². The topological polar surface area (TPSA) is 61.7 Å². The predicted octanol–water partition coefficient (Wildman–Crippen LogP) is -0.577. The van der Waals surface area contributed by atoms with Crippen molar-refractivity contribution in [2.24, 2.45) is 0 Å². The van der Waals surface area contributed by atoms with E-state index >= 15 is 0 Å². The molecule has 7 heteroatoms. The maximum absolute atomic E-state index is 11.4. The van der Waals surface area contributed by atoms with Crippen molar-refractivity contribution in [3.63, 3.8) is 0 Å². The van der Waals surface area contributed by atoms with Crippen LogP contribution in [0, 0.1) is 0 Å². The first-order valence-corrected chi connectivity index (χ1v) is 3.16. The van der Waals surface area contributed by atoms with Gasteiger partial charge < -0.3 is 10.2 Å². The van der Waals surface area contributed by atoms with Crippen LogP contribution in [0.5, 0.6) is 0 Å². The van der Waals surface area contributed by atoms with E-state index in [2.05, 4.69) is 4.84 Å². The number of halogens is 3. The van der Waals surface area contributed by atoms with E-state index in [4.69, 9.17) is 10.2 Å². The van der Waals surface area contributed by atoms with Crippen molar-refractivity contribution >= 4 is 0 Å². The van der Waals surface area contributed by atoms with Crippen LogP contribution in [0.3, 0.4) is 0 Å². The lowest BCUT2D eigenvalue weighted by Crippen LogP contribution is -2.32. The summed E-state index contributed by atoms with van der Waals surface area (Å²) in [6.07, 6.45) is -5.50. The SMILES string of the molecule is OCC(O)CNOCC(F)(F)F. The van der Waals surface area contributed by atoms with E-state index < -0.39 is 25.5 Å². The van der Waals surface area contributed by atoms with Crippen LogP contribution in [0.2, 0.25) is 0 Å². The molecule has 0 fully saturated rings. The lowest BCUT2D eigenvalue weighted by molar-refractivity contribution is -0.191. The molecule has 0 saturated carbocycles. The number of hydrogen-bond acceptors (Lipinski definition) is 4. The Morgan fingerprint density at radius 3 is 2.42 bits per heavy atom. The summed E-state index contributed by atoms with van der Waals surface area (Å²) in [5, 5.41) is 16.8. The summed E-state index contributed by atoms with van der Waals surface area (Å²) < 4.78 is 34.2. The number of aliphatic hydroxyl groups excluding tert-OH is 2. The van der Waals surface area contributed by atoms with Gasteiger partial charge in [-0.15, -0.1) is 0 Å². The molecule has 0 rings (SSSR count). The lowest BCUT2D eigenvalue weighted by atomic mass is 10.4. The first kappa shape index (κ1) is 11.6. The minimum atomic E-state index is -4.39. The molecule has 0 radical (unpaired) electrons. The highest BCUT2D eigenvalue weighted by Crippen LogP contribution is 2.13. The molecule has 0 aromatic rings. The van der Waals surface area contributed by atoms with Crippen molar-refractivity contribution in [1.82, 2.24) is 5.48 Å². The molecular formula is C5H10F3NO3. The van der Waals surface area contributed by atoms with Gasteiger partial charge in [-0.05, 0) is 0 Å². The quantitative estimate of drug-likeness (QED) is 0.400. The maximum Gasteiger partial charge on any atom is 0.413 e. The molecule has 0 spiro atoms. The zero-order valence-corrected chi connectivity index (χ0v) is 6.14. The molecule has 0 aromatic carbocycles. The van der Waals surface area contributed by atoms with Crippen LogP contribution in [-0.2, 0) is 4.84 Å². The standard InChI is InChI=1S/C5H10F3NO3/c6-5(7,8)3-12-9-1-4(11)2-10/h4,9-11H,1-3H2. The van der Waals surface area contributed by atoms with E-state index in [1.807, 2.05) is 5.48 Å². The van der Waals surface area contributed by atoms with Gasteiger partial charge in [-0.1, -0.05) is 0 Å². The minimum Gasteiger partial charge on any atom is -0.394 e. The fraction of sp³-hybridized carbons (Fsp3) is 1.00. The van der Waals surface area contributed by atoms with Crippen LogP contribution >= 0.6 is 0 Å². The highest BCUT2D eigenvalue weighted by molar-refractivity contribution is 4.51. The summed E-state index contributed by atoms with van der Waals surface area (Å²) in [7, 11) is 0. The zero-order chi connectivity index (χ0) is 9.61. The van der Waals surface area contributed by atoms with Crippen LogP contribution in [0.1, 0.15) is 0 Å². The first-order valence-electron chi connectivity index (χ1n) is 3.16.